The number of nitrogens with one attached hydrogen (secondary N) is 2. The first-order valence-corrected chi connectivity index (χ1v) is 6.31. The number of hydrogen-bond acceptors (Lipinski definition) is 3. The zero-order valence-electron chi connectivity index (χ0n) is 11.4. The van der Waals surface area contributed by atoms with E-state index in [9.17, 15) is 9.59 Å². The second-order valence-corrected chi connectivity index (χ2v) is 4.39. The van der Waals surface area contributed by atoms with E-state index in [1.54, 1.807) is 12.1 Å². The minimum atomic E-state index is -0.426. The Labute approximate surface area is 121 Å². The van der Waals surface area contributed by atoms with E-state index in [4.69, 9.17) is 5.11 Å². The highest BCUT2D eigenvalue weighted by Gasteiger charge is 2.09. The van der Waals surface area contributed by atoms with Gasteiger partial charge in [0.05, 0.1) is 5.69 Å². The lowest BCUT2D eigenvalue weighted by atomic mass is 10.1. The third kappa shape index (κ3) is 3.81. The predicted molar refractivity (Wildman–Crippen MR) is 80.2 cm³/mol. The number of hydrogen-bond donors (Lipinski definition) is 3. The first kappa shape index (κ1) is 14.6. The standard InChI is InChI=1S/C16H14N2O3/c1-11-7-8-12(4-3-9-19)14(10-11)18-16(21)13-5-2-6-15(20)17-13/h2,5-8,10,19H,9H2,1H3,(H,17,20)(H,18,21). The largest absolute Gasteiger partial charge is 0.384 e. The fourth-order valence-corrected chi connectivity index (χ4v) is 1.78. The molecule has 1 amide bonds. The van der Waals surface area contributed by atoms with Crippen molar-refractivity contribution in [1.82, 2.24) is 4.98 Å². The Balaban J connectivity index is 2.32. The van der Waals surface area contributed by atoms with Crippen LogP contribution in [0, 0.1) is 18.8 Å². The number of rotatable bonds is 2. The molecule has 21 heavy (non-hydrogen) atoms. The Hall–Kier alpha value is -2.84. The zero-order chi connectivity index (χ0) is 15.2. The summed E-state index contributed by atoms with van der Waals surface area (Å²) in [5.74, 6) is 4.89. The molecule has 1 aromatic heterocycles. The maximum atomic E-state index is 12.1. The summed E-state index contributed by atoms with van der Waals surface area (Å²) in [4.78, 5) is 25.8. The molecule has 2 aromatic rings. The van der Waals surface area contributed by atoms with E-state index in [0.29, 0.717) is 11.3 Å². The Kier molecular flexibility index (Phi) is 4.54. The van der Waals surface area contributed by atoms with Crippen LogP contribution in [0.25, 0.3) is 0 Å². The van der Waals surface area contributed by atoms with Gasteiger partial charge in [-0.05, 0) is 30.7 Å². The van der Waals surface area contributed by atoms with E-state index >= 15 is 0 Å². The molecule has 1 aromatic carbocycles. The highest BCUT2D eigenvalue weighted by atomic mass is 16.2. The van der Waals surface area contributed by atoms with Crippen LogP contribution in [0.4, 0.5) is 5.69 Å². The number of aromatic nitrogens is 1. The monoisotopic (exact) mass is 282 g/mol. The molecule has 5 heteroatoms. The minimum absolute atomic E-state index is 0.171. The molecular weight excluding hydrogens is 268 g/mol. The van der Waals surface area contributed by atoms with Crippen LogP contribution < -0.4 is 10.9 Å². The van der Waals surface area contributed by atoms with Crippen molar-refractivity contribution in [3.63, 3.8) is 0 Å². The molecule has 1 heterocycles. The van der Waals surface area contributed by atoms with Crippen molar-refractivity contribution < 1.29 is 9.90 Å². The highest BCUT2D eigenvalue weighted by molar-refractivity contribution is 6.03. The minimum Gasteiger partial charge on any atom is -0.384 e. The molecule has 0 saturated carbocycles. The summed E-state index contributed by atoms with van der Waals surface area (Å²) in [6, 6.07) is 9.77. The molecule has 0 fully saturated rings. The van der Waals surface area contributed by atoms with E-state index in [1.807, 2.05) is 13.0 Å². The lowest BCUT2D eigenvalue weighted by Gasteiger charge is -2.08. The van der Waals surface area contributed by atoms with Gasteiger partial charge in [0.1, 0.15) is 12.3 Å². The second-order valence-electron chi connectivity index (χ2n) is 4.39. The molecule has 106 valence electrons. The first-order chi connectivity index (χ1) is 10.1. The summed E-state index contributed by atoms with van der Waals surface area (Å²) < 4.78 is 0. The summed E-state index contributed by atoms with van der Waals surface area (Å²) >= 11 is 0. The van der Waals surface area contributed by atoms with E-state index in [2.05, 4.69) is 22.1 Å². The Bertz CT molecular complexity index is 782. The van der Waals surface area contributed by atoms with Crippen LogP contribution in [0.2, 0.25) is 0 Å². The maximum absolute atomic E-state index is 12.1. The van der Waals surface area contributed by atoms with Crippen molar-refractivity contribution in [2.45, 2.75) is 6.92 Å². The fourth-order valence-electron chi connectivity index (χ4n) is 1.78. The Morgan fingerprint density at radius 1 is 1.33 bits per heavy atom. The van der Waals surface area contributed by atoms with Gasteiger partial charge in [-0.25, -0.2) is 0 Å². The van der Waals surface area contributed by atoms with Gasteiger partial charge in [-0.2, -0.15) is 0 Å². The number of aryl methyl sites for hydroxylation is 1. The van der Waals surface area contributed by atoms with Gasteiger partial charge in [0.15, 0.2) is 0 Å². The van der Waals surface area contributed by atoms with Crippen LogP contribution in [0.1, 0.15) is 21.6 Å². The van der Waals surface area contributed by atoms with Crippen LogP contribution in [-0.2, 0) is 0 Å². The van der Waals surface area contributed by atoms with Crippen LogP contribution in [-0.4, -0.2) is 22.6 Å². The Morgan fingerprint density at radius 2 is 2.14 bits per heavy atom. The highest BCUT2D eigenvalue weighted by Crippen LogP contribution is 2.17. The molecule has 0 radical (unpaired) electrons. The number of aliphatic hydroxyl groups is 1. The number of amides is 1. The normalized spacial score (nSPS) is 9.62. The number of benzene rings is 1. The number of anilines is 1. The van der Waals surface area contributed by atoms with Crippen molar-refractivity contribution in [1.29, 1.82) is 0 Å². The molecule has 0 unspecified atom stereocenters. The molecule has 0 spiro atoms. The maximum Gasteiger partial charge on any atom is 0.272 e. The average molecular weight is 282 g/mol. The lowest BCUT2D eigenvalue weighted by molar-refractivity contribution is 0.102. The molecular formula is C16H14N2O3. The Morgan fingerprint density at radius 3 is 2.86 bits per heavy atom. The van der Waals surface area contributed by atoms with Crippen molar-refractivity contribution in [3.8, 4) is 11.8 Å². The molecule has 5 nitrogen and oxygen atoms in total. The van der Waals surface area contributed by atoms with Gasteiger partial charge >= 0.3 is 0 Å². The van der Waals surface area contributed by atoms with Crippen molar-refractivity contribution in [2.75, 3.05) is 11.9 Å². The fraction of sp³-hybridized carbons (Fsp3) is 0.125. The van der Waals surface area contributed by atoms with Gasteiger partial charge in [-0.15, -0.1) is 0 Å². The quantitative estimate of drug-likeness (QED) is 0.726. The van der Waals surface area contributed by atoms with Crippen LogP contribution >= 0.6 is 0 Å². The predicted octanol–water partition coefficient (Wildman–Crippen LogP) is 1.28. The second kappa shape index (κ2) is 6.55. The van der Waals surface area contributed by atoms with Crippen LogP contribution in [0.3, 0.4) is 0 Å². The van der Waals surface area contributed by atoms with Crippen LogP contribution in [0.15, 0.2) is 41.2 Å². The lowest BCUT2D eigenvalue weighted by Crippen LogP contribution is -2.18. The van der Waals surface area contributed by atoms with Gasteiger partial charge in [0, 0.05) is 11.6 Å². The van der Waals surface area contributed by atoms with Gasteiger partial charge in [0.25, 0.3) is 5.91 Å². The summed E-state index contributed by atoms with van der Waals surface area (Å²) in [5.41, 5.74) is 1.92. The van der Waals surface area contributed by atoms with Crippen molar-refractivity contribution in [3.05, 3.63) is 63.6 Å². The summed E-state index contributed by atoms with van der Waals surface area (Å²) in [5, 5.41) is 11.5. The molecule has 0 aliphatic carbocycles. The molecule has 0 aliphatic rings. The van der Waals surface area contributed by atoms with Gasteiger partial charge in [-0.1, -0.05) is 24.0 Å². The SMILES string of the molecule is Cc1ccc(C#CCO)c(NC(=O)c2cccc(=O)[nH]2)c1. The number of pyridine rings is 1. The summed E-state index contributed by atoms with van der Waals surface area (Å²) in [6.07, 6.45) is 0. The molecule has 0 aliphatic heterocycles. The van der Waals surface area contributed by atoms with Gasteiger partial charge in [-0.3, -0.25) is 9.59 Å². The topological polar surface area (TPSA) is 82.2 Å². The molecule has 0 atom stereocenters. The summed E-state index contributed by atoms with van der Waals surface area (Å²) in [7, 11) is 0. The zero-order valence-corrected chi connectivity index (χ0v) is 11.4. The number of aliphatic hydroxyl groups excluding tert-OH is 1. The summed E-state index contributed by atoms with van der Waals surface area (Å²) in [6.45, 7) is 1.64. The van der Waals surface area contributed by atoms with Crippen molar-refractivity contribution >= 4 is 11.6 Å². The number of aromatic amines is 1. The molecule has 0 bridgehead atoms. The van der Waals surface area contributed by atoms with E-state index in [1.165, 1.54) is 18.2 Å². The molecule has 3 N–H and O–H groups in total. The third-order valence-electron chi connectivity index (χ3n) is 2.74. The third-order valence-corrected chi connectivity index (χ3v) is 2.74. The first-order valence-electron chi connectivity index (χ1n) is 6.31. The van der Waals surface area contributed by atoms with E-state index in [0.717, 1.165) is 5.56 Å². The number of carbonyl (C=O) groups excluding carboxylic acids is 1. The number of carbonyl (C=O) groups is 1. The molecule has 0 saturated heterocycles. The average Bonchev–Trinajstić information content (AvgIpc) is 2.46. The smallest absolute Gasteiger partial charge is 0.272 e. The van der Waals surface area contributed by atoms with Gasteiger partial charge in [0.2, 0.25) is 5.56 Å². The van der Waals surface area contributed by atoms with E-state index in [-0.39, 0.29) is 17.9 Å². The van der Waals surface area contributed by atoms with E-state index < -0.39 is 5.91 Å². The van der Waals surface area contributed by atoms with Crippen molar-refractivity contribution in [2.24, 2.45) is 0 Å². The molecule has 2 rings (SSSR count). The van der Waals surface area contributed by atoms with Crippen LogP contribution in [0.5, 0.6) is 0 Å². The van der Waals surface area contributed by atoms with Gasteiger partial charge < -0.3 is 15.4 Å². The number of H-pyrrole nitrogens is 1.